The fourth-order valence-electron chi connectivity index (χ4n) is 3.46. The van der Waals surface area contributed by atoms with Crippen molar-refractivity contribution in [3.8, 4) is 0 Å². The fourth-order valence-corrected chi connectivity index (χ4v) is 3.84. The van der Waals surface area contributed by atoms with Gasteiger partial charge in [-0.1, -0.05) is 28.1 Å². The third-order valence-electron chi connectivity index (χ3n) is 4.70. The minimum atomic E-state index is 0.194. The van der Waals surface area contributed by atoms with E-state index in [1.807, 2.05) is 24.3 Å². The van der Waals surface area contributed by atoms with Crippen molar-refractivity contribution in [2.75, 3.05) is 26.2 Å². The Morgan fingerprint density at radius 3 is 2.48 bits per heavy atom. The Balaban J connectivity index is 1.65. The summed E-state index contributed by atoms with van der Waals surface area (Å²) in [6.07, 6.45) is 5.01. The highest BCUT2D eigenvalue weighted by molar-refractivity contribution is 9.08. The maximum absolute atomic E-state index is 12.7. The van der Waals surface area contributed by atoms with E-state index in [0.717, 1.165) is 30.4 Å². The molecule has 2 aliphatic heterocycles. The smallest absolute Gasteiger partial charge is 0.253 e. The van der Waals surface area contributed by atoms with Crippen molar-refractivity contribution in [1.82, 2.24) is 9.80 Å². The minimum absolute atomic E-state index is 0.194. The van der Waals surface area contributed by atoms with Crippen molar-refractivity contribution in [3.05, 3.63) is 35.4 Å². The zero-order valence-electron chi connectivity index (χ0n) is 12.4. The lowest BCUT2D eigenvalue weighted by Crippen LogP contribution is -2.48. The molecule has 0 N–H and O–H groups in total. The standard InChI is InChI=1S/C17H23BrN2O/c18-12-14-5-7-15(8-6-14)17(21)20-11-3-4-16(13-20)19-9-1-2-10-19/h5-8,16H,1-4,9-13H2. The van der Waals surface area contributed by atoms with Crippen LogP contribution < -0.4 is 0 Å². The summed E-state index contributed by atoms with van der Waals surface area (Å²) in [6, 6.07) is 8.55. The maximum atomic E-state index is 12.7. The molecule has 1 aromatic rings. The lowest BCUT2D eigenvalue weighted by Gasteiger charge is -2.37. The predicted molar refractivity (Wildman–Crippen MR) is 88.8 cm³/mol. The molecule has 0 spiro atoms. The molecule has 0 saturated carbocycles. The summed E-state index contributed by atoms with van der Waals surface area (Å²) in [5.74, 6) is 0.194. The summed E-state index contributed by atoms with van der Waals surface area (Å²) < 4.78 is 0. The van der Waals surface area contributed by atoms with Crippen LogP contribution in [-0.4, -0.2) is 47.9 Å². The van der Waals surface area contributed by atoms with E-state index in [9.17, 15) is 4.79 Å². The number of piperidine rings is 1. The highest BCUT2D eigenvalue weighted by Crippen LogP contribution is 2.22. The topological polar surface area (TPSA) is 23.6 Å². The average molecular weight is 351 g/mol. The first-order chi connectivity index (χ1) is 10.3. The van der Waals surface area contributed by atoms with E-state index < -0.39 is 0 Å². The first-order valence-electron chi connectivity index (χ1n) is 7.96. The quantitative estimate of drug-likeness (QED) is 0.781. The van der Waals surface area contributed by atoms with Crippen molar-refractivity contribution in [2.24, 2.45) is 0 Å². The maximum Gasteiger partial charge on any atom is 0.253 e. The van der Waals surface area contributed by atoms with Crippen LogP contribution in [0.1, 0.15) is 41.6 Å². The van der Waals surface area contributed by atoms with Crippen LogP contribution >= 0.6 is 15.9 Å². The number of benzene rings is 1. The second kappa shape index (κ2) is 6.93. The van der Waals surface area contributed by atoms with Crippen LogP contribution in [0.4, 0.5) is 0 Å². The number of carbonyl (C=O) groups excluding carboxylic acids is 1. The Bertz CT molecular complexity index is 482. The highest BCUT2D eigenvalue weighted by atomic mass is 79.9. The van der Waals surface area contributed by atoms with Crippen LogP contribution in [-0.2, 0) is 5.33 Å². The number of carbonyl (C=O) groups is 1. The Morgan fingerprint density at radius 2 is 1.81 bits per heavy atom. The van der Waals surface area contributed by atoms with Gasteiger partial charge in [0.1, 0.15) is 0 Å². The van der Waals surface area contributed by atoms with Gasteiger partial charge in [-0.05, 0) is 56.5 Å². The normalized spacial score (nSPS) is 23.5. The molecule has 1 aromatic carbocycles. The van der Waals surface area contributed by atoms with Crippen LogP contribution in [0.2, 0.25) is 0 Å². The second-order valence-corrected chi connectivity index (χ2v) is 6.68. The molecule has 2 saturated heterocycles. The molecular formula is C17H23BrN2O. The molecular weight excluding hydrogens is 328 g/mol. The van der Waals surface area contributed by atoms with Crippen molar-refractivity contribution in [1.29, 1.82) is 0 Å². The first kappa shape index (κ1) is 15.0. The molecule has 1 unspecified atom stereocenters. The predicted octanol–water partition coefficient (Wildman–Crippen LogP) is 3.28. The Morgan fingerprint density at radius 1 is 1.10 bits per heavy atom. The summed E-state index contributed by atoms with van der Waals surface area (Å²) in [6.45, 7) is 4.24. The molecule has 2 fully saturated rings. The summed E-state index contributed by atoms with van der Waals surface area (Å²) >= 11 is 3.44. The summed E-state index contributed by atoms with van der Waals surface area (Å²) in [4.78, 5) is 17.3. The average Bonchev–Trinajstić information content (AvgIpc) is 3.09. The molecule has 0 radical (unpaired) electrons. The van der Waals surface area contributed by atoms with Gasteiger partial charge in [0.2, 0.25) is 0 Å². The van der Waals surface area contributed by atoms with Gasteiger partial charge in [-0.15, -0.1) is 0 Å². The van der Waals surface area contributed by atoms with E-state index in [4.69, 9.17) is 0 Å². The summed E-state index contributed by atoms with van der Waals surface area (Å²) in [5.41, 5.74) is 2.03. The number of nitrogens with zero attached hydrogens (tertiary/aromatic N) is 2. The number of likely N-dealkylation sites (tertiary alicyclic amines) is 2. The number of alkyl halides is 1. The van der Waals surface area contributed by atoms with E-state index in [0.29, 0.717) is 6.04 Å². The lowest BCUT2D eigenvalue weighted by molar-refractivity contribution is 0.0608. The fraction of sp³-hybridized carbons (Fsp3) is 0.588. The molecule has 4 heteroatoms. The van der Waals surface area contributed by atoms with Crippen molar-refractivity contribution in [3.63, 3.8) is 0 Å². The largest absolute Gasteiger partial charge is 0.337 e. The number of rotatable bonds is 3. The molecule has 0 bridgehead atoms. The molecule has 2 heterocycles. The Kier molecular flexibility index (Phi) is 4.96. The van der Waals surface area contributed by atoms with Gasteiger partial charge in [-0.2, -0.15) is 0 Å². The minimum Gasteiger partial charge on any atom is -0.337 e. The molecule has 1 atom stereocenters. The van der Waals surface area contributed by atoms with E-state index in [2.05, 4.69) is 25.7 Å². The van der Waals surface area contributed by atoms with Crippen LogP contribution in [0.5, 0.6) is 0 Å². The lowest BCUT2D eigenvalue weighted by atomic mass is 10.0. The molecule has 0 aromatic heterocycles. The molecule has 3 nitrogen and oxygen atoms in total. The summed E-state index contributed by atoms with van der Waals surface area (Å²) in [7, 11) is 0. The molecule has 2 aliphatic rings. The third kappa shape index (κ3) is 3.49. The van der Waals surface area contributed by atoms with Crippen LogP contribution in [0.3, 0.4) is 0 Å². The van der Waals surface area contributed by atoms with Gasteiger partial charge < -0.3 is 4.90 Å². The monoisotopic (exact) mass is 350 g/mol. The Labute approximate surface area is 135 Å². The van der Waals surface area contributed by atoms with Crippen molar-refractivity contribution < 1.29 is 4.79 Å². The van der Waals surface area contributed by atoms with Gasteiger partial charge in [0.15, 0.2) is 0 Å². The van der Waals surface area contributed by atoms with Gasteiger partial charge in [0, 0.05) is 30.0 Å². The molecule has 114 valence electrons. The van der Waals surface area contributed by atoms with E-state index in [-0.39, 0.29) is 5.91 Å². The van der Waals surface area contributed by atoms with E-state index in [1.165, 1.54) is 37.9 Å². The number of halogens is 1. The van der Waals surface area contributed by atoms with Gasteiger partial charge in [0.25, 0.3) is 5.91 Å². The second-order valence-electron chi connectivity index (χ2n) is 6.12. The molecule has 21 heavy (non-hydrogen) atoms. The number of hydrogen-bond acceptors (Lipinski definition) is 2. The molecule has 3 rings (SSSR count). The third-order valence-corrected chi connectivity index (χ3v) is 5.34. The van der Waals surface area contributed by atoms with Crippen molar-refractivity contribution in [2.45, 2.75) is 37.1 Å². The zero-order chi connectivity index (χ0) is 14.7. The van der Waals surface area contributed by atoms with Gasteiger partial charge >= 0.3 is 0 Å². The van der Waals surface area contributed by atoms with Gasteiger partial charge in [0.05, 0.1) is 0 Å². The number of hydrogen-bond donors (Lipinski definition) is 0. The first-order valence-corrected chi connectivity index (χ1v) is 9.08. The number of amides is 1. The zero-order valence-corrected chi connectivity index (χ0v) is 14.0. The van der Waals surface area contributed by atoms with E-state index in [1.54, 1.807) is 0 Å². The van der Waals surface area contributed by atoms with E-state index >= 15 is 0 Å². The Hall–Kier alpha value is -0.870. The highest BCUT2D eigenvalue weighted by Gasteiger charge is 2.29. The molecule has 1 amide bonds. The van der Waals surface area contributed by atoms with Crippen LogP contribution in [0.15, 0.2) is 24.3 Å². The summed E-state index contributed by atoms with van der Waals surface area (Å²) in [5, 5.41) is 0.836. The molecule has 0 aliphatic carbocycles. The van der Waals surface area contributed by atoms with Gasteiger partial charge in [-0.25, -0.2) is 0 Å². The van der Waals surface area contributed by atoms with Crippen LogP contribution in [0.25, 0.3) is 0 Å². The van der Waals surface area contributed by atoms with Crippen molar-refractivity contribution >= 4 is 21.8 Å². The SMILES string of the molecule is O=C(c1ccc(CBr)cc1)N1CCCC(N2CCCC2)C1. The van der Waals surface area contributed by atoms with Gasteiger partial charge in [-0.3, -0.25) is 9.69 Å². The van der Waals surface area contributed by atoms with Crippen LogP contribution in [0, 0.1) is 0 Å².